The molecule has 0 fully saturated rings. The third-order valence-corrected chi connectivity index (χ3v) is 2.05. The van der Waals surface area contributed by atoms with E-state index >= 15 is 0 Å². The van der Waals surface area contributed by atoms with Gasteiger partial charge in [-0.1, -0.05) is 0 Å². The first-order chi connectivity index (χ1) is 7.38. The number of phenols is 1. The molecule has 0 radical (unpaired) electrons. The van der Waals surface area contributed by atoms with Crippen molar-refractivity contribution in [2.24, 2.45) is 5.73 Å². The van der Waals surface area contributed by atoms with E-state index in [1.807, 2.05) is 0 Å². The molecule has 0 atom stereocenters. The lowest BCUT2D eigenvalue weighted by atomic mass is 10.0. The van der Waals surface area contributed by atoms with E-state index in [2.05, 4.69) is 0 Å². The van der Waals surface area contributed by atoms with Crippen LogP contribution in [0.3, 0.4) is 0 Å². The Morgan fingerprint density at radius 2 is 2.12 bits per heavy atom. The van der Waals surface area contributed by atoms with E-state index in [4.69, 9.17) is 10.8 Å². The molecule has 0 unspecified atom stereocenters. The first-order valence-corrected chi connectivity index (χ1v) is 4.44. The Morgan fingerprint density at radius 1 is 1.50 bits per heavy atom. The molecule has 3 N–H and O–H groups in total. The number of aromatic hydroxyl groups is 1. The zero-order valence-electron chi connectivity index (χ0n) is 8.19. The SMILES string of the molecule is NCCC(F)(F)c1ccc(O)c([N+](=O)[O-])c1. The summed E-state index contributed by atoms with van der Waals surface area (Å²) in [4.78, 5) is 9.52. The molecule has 0 bridgehead atoms. The van der Waals surface area contributed by atoms with Crippen LogP contribution in [0.25, 0.3) is 0 Å². The fourth-order valence-corrected chi connectivity index (χ4v) is 1.22. The van der Waals surface area contributed by atoms with Crippen LogP contribution in [0.5, 0.6) is 5.75 Å². The smallest absolute Gasteiger partial charge is 0.311 e. The lowest BCUT2D eigenvalue weighted by Crippen LogP contribution is -2.18. The molecule has 0 aromatic heterocycles. The summed E-state index contributed by atoms with van der Waals surface area (Å²) in [5.74, 6) is -3.87. The molecule has 1 aromatic rings. The molecule has 16 heavy (non-hydrogen) atoms. The van der Waals surface area contributed by atoms with Crippen molar-refractivity contribution >= 4 is 5.69 Å². The minimum absolute atomic E-state index is 0.234. The molecule has 0 aliphatic heterocycles. The number of phenolic OH excluding ortho intramolecular Hbond substituents is 1. The third kappa shape index (κ3) is 2.43. The maximum absolute atomic E-state index is 13.3. The zero-order valence-corrected chi connectivity index (χ0v) is 8.19. The summed E-state index contributed by atoms with van der Waals surface area (Å²) in [6, 6.07) is 2.47. The Morgan fingerprint density at radius 3 is 2.62 bits per heavy atom. The number of rotatable bonds is 4. The summed E-state index contributed by atoms with van der Waals surface area (Å²) in [7, 11) is 0. The van der Waals surface area contributed by atoms with Gasteiger partial charge >= 0.3 is 5.69 Å². The lowest BCUT2D eigenvalue weighted by molar-refractivity contribution is -0.386. The van der Waals surface area contributed by atoms with Crippen molar-refractivity contribution in [1.82, 2.24) is 0 Å². The molecule has 0 saturated carbocycles. The monoisotopic (exact) mass is 232 g/mol. The van der Waals surface area contributed by atoms with Crippen molar-refractivity contribution in [3.05, 3.63) is 33.9 Å². The molecular formula is C9H10F2N2O3. The van der Waals surface area contributed by atoms with E-state index in [1.165, 1.54) is 0 Å². The highest BCUT2D eigenvalue weighted by Gasteiger charge is 2.32. The largest absolute Gasteiger partial charge is 0.502 e. The van der Waals surface area contributed by atoms with E-state index < -0.39 is 34.3 Å². The van der Waals surface area contributed by atoms with E-state index in [0.29, 0.717) is 6.07 Å². The van der Waals surface area contributed by atoms with Crippen LogP contribution in [-0.4, -0.2) is 16.6 Å². The topological polar surface area (TPSA) is 89.4 Å². The van der Waals surface area contributed by atoms with Gasteiger partial charge in [-0.2, -0.15) is 0 Å². The molecule has 88 valence electrons. The molecule has 0 amide bonds. The number of benzene rings is 1. The summed E-state index contributed by atoms with van der Waals surface area (Å²) in [5, 5.41) is 19.5. The first-order valence-electron chi connectivity index (χ1n) is 4.44. The second-order valence-electron chi connectivity index (χ2n) is 3.20. The van der Waals surface area contributed by atoms with Gasteiger partial charge < -0.3 is 10.8 Å². The normalized spacial score (nSPS) is 11.4. The predicted octanol–water partition coefficient (Wildman–Crippen LogP) is 1.74. The van der Waals surface area contributed by atoms with Crippen LogP contribution < -0.4 is 5.73 Å². The van der Waals surface area contributed by atoms with Gasteiger partial charge in [0.05, 0.1) is 4.92 Å². The number of nitro groups is 1. The number of hydrogen-bond donors (Lipinski definition) is 2. The predicted molar refractivity (Wildman–Crippen MR) is 52.3 cm³/mol. The Bertz CT molecular complexity index is 410. The number of nitrogens with two attached hydrogens (primary N) is 1. The van der Waals surface area contributed by atoms with Gasteiger partial charge in [0.2, 0.25) is 0 Å². The third-order valence-electron chi connectivity index (χ3n) is 2.05. The van der Waals surface area contributed by atoms with Crippen LogP contribution in [0.15, 0.2) is 18.2 Å². The van der Waals surface area contributed by atoms with Gasteiger partial charge in [-0.15, -0.1) is 0 Å². The number of alkyl halides is 2. The molecule has 0 spiro atoms. The quantitative estimate of drug-likeness (QED) is 0.611. The minimum Gasteiger partial charge on any atom is -0.502 e. The van der Waals surface area contributed by atoms with E-state index in [1.54, 1.807) is 0 Å². The van der Waals surface area contributed by atoms with Crippen LogP contribution in [-0.2, 0) is 5.92 Å². The molecule has 0 aliphatic carbocycles. The van der Waals surface area contributed by atoms with Crippen LogP contribution in [0.4, 0.5) is 14.5 Å². The van der Waals surface area contributed by atoms with Crippen molar-refractivity contribution in [1.29, 1.82) is 0 Å². The van der Waals surface area contributed by atoms with Gasteiger partial charge in [0.1, 0.15) is 0 Å². The highest BCUT2D eigenvalue weighted by atomic mass is 19.3. The fraction of sp³-hybridized carbons (Fsp3) is 0.333. The lowest BCUT2D eigenvalue weighted by Gasteiger charge is -2.15. The number of hydrogen-bond acceptors (Lipinski definition) is 4. The van der Waals surface area contributed by atoms with Gasteiger partial charge in [-0.3, -0.25) is 10.1 Å². The molecule has 5 nitrogen and oxygen atoms in total. The highest BCUT2D eigenvalue weighted by Crippen LogP contribution is 2.36. The first kappa shape index (κ1) is 12.3. The molecule has 0 heterocycles. The second-order valence-corrected chi connectivity index (χ2v) is 3.20. The summed E-state index contributed by atoms with van der Waals surface area (Å²) in [6.45, 7) is -0.234. The van der Waals surface area contributed by atoms with Gasteiger partial charge in [0.25, 0.3) is 5.92 Å². The van der Waals surface area contributed by atoms with Crippen molar-refractivity contribution in [2.45, 2.75) is 12.3 Å². The van der Waals surface area contributed by atoms with Crippen LogP contribution >= 0.6 is 0 Å². The number of nitro benzene ring substituents is 1. The van der Waals surface area contributed by atoms with E-state index in [-0.39, 0.29) is 6.54 Å². The zero-order chi connectivity index (χ0) is 12.3. The van der Waals surface area contributed by atoms with Crippen LogP contribution in [0, 0.1) is 10.1 Å². The molecule has 1 rings (SSSR count). The summed E-state index contributed by atoms with van der Waals surface area (Å²) >= 11 is 0. The van der Waals surface area contributed by atoms with Crippen LogP contribution in [0.2, 0.25) is 0 Å². The van der Waals surface area contributed by atoms with Crippen molar-refractivity contribution in [3.8, 4) is 5.75 Å². The van der Waals surface area contributed by atoms with Crippen molar-refractivity contribution in [3.63, 3.8) is 0 Å². The maximum atomic E-state index is 13.3. The van der Waals surface area contributed by atoms with Gasteiger partial charge in [0.15, 0.2) is 5.75 Å². The summed E-state index contributed by atoms with van der Waals surface area (Å²) in [6.07, 6.45) is -0.602. The van der Waals surface area contributed by atoms with Crippen molar-refractivity contribution < 1.29 is 18.8 Å². The maximum Gasteiger partial charge on any atom is 0.311 e. The standard InChI is InChI=1S/C9H10F2N2O3/c10-9(11,3-4-12)6-1-2-8(14)7(5-6)13(15)16/h1-2,5,14H,3-4,12H2. The molecule has 0 saturated heterocycles. The Labute approximate surface area is 89.6 Å². The molecule has 0 aliphatic rings. The average Bonchev–Trinajstić information content (AvgIpc) is 2.17. The second kappa shape index (κ2) is 4.40. The highest BCUT2D eigenvalue weighted by molar-refractivity contribution is 5.48. The Balaban J connectivity index is 3.17. The number of nitrogens with zero attached hydrogens (tertiary/aromatic N) is 1. The number of halogens is 2. The minimum atomic E-state index is -3.23. The average molecular weight is 232 g/mol. The van der Waals surface area contributed by atoms with Gasteiger partial charge in [-0.25, -0.2) is 8.78 Å². The summed E-state index contributed by atoms with van der Waals surface area (Å²) in [5.41, 5.74) is 3.75. The van der Waals surface area contributed by atoms with Crippen molar-refractivity contribution in [2.75, 3.05) is 6.54 Å². The van der Waals surface area contributed by atoms with Crippen LogP contribution in [0.1, 0.15) is 12.0 Å². The van der Waals surface area contributed by atoms with E-state index in [0.717, 1.165) is 12.1 Å². The molecule has 1 aromatic carbocycles. The Hall–Kier alpha value is -1.76. The molecule has 7 heteroatoms. The van der Waals surface area contributed by atoms with Gasteiger partial charge in [-0.05, 0) is 18.7 Å². The summed E-state index contributed by atoms with van der Waals surface area (Å²) < 4.78 is 26.7. The Kier molecular flexibility index (Phi) is 3.38. The van der Waals surface area contributed by atoms with E-state index in [9.17, 15) is 18.9 Å². The molecular weight excluding hydrogens is 222 g/mol. The fourth-order valence-electron chi connectivity index (χ4n) is 1.22. The van der Waals surface area contributed by atoms with Gasteiger partial charge in [0, 0.05) is 18.1 Å².